The smallest absolute Gasteiger partial charge is 0.244 e. The number of nitrogen functional groups attached to an aromatic ring is 1. The van der Waals surface area contributed by atoms with E-state index in [9.17, 15) is 8.42 Å². The first-order chi connectivity index (χ1) is 8.93. The van der Waals surface area contributed by atoms with E-state index in [4.69, 9.17) is 12.2 Å². The normalized spacial score (nSPS) is 15.4. The van der Waals surface area contributed by atoms with E-state index in [0.717, 1.165) is 18.4 Å². The Labute approximate surface area is 114 Å². The molecule has 1 saturated carbocycles. The van der Waals surface area contributed by atoms with Crippen molar-refractivity contribution in [1.82, 2.24) is 4.31 Å². The maximum atomic E-state index is 12.6. The van der Waals surface area contributed by atoms with Crippen molar-refractivity contribution >= 4 is 15.7 Å². The number of nitrogens with zero attached hydrogens (tertiary/aromatic N) is 1. The van der Waals surface area contributed by atoms with Crippen LogP contribution in [0.5, 0.6) is 0 Å². The van der Waals surface area contributed by atoms with Crippen molar-refractivity contribution in [3.8, 4) is 12.3 Å². The monoisotopic (exact) mass is 278 g/mol. The van der Waals surface area contributed by atoms with Gasteiger partial charge >= 0.3 is 0 Å². The highest BCUT2D eigenvalue weighted by Gasteiger charge is 2.31. The van der Waals surface area contributed by atoms with E-state index >= 15 is 0 Å². The predicted molar refractivity (Wildman–Crippen MR) is 75.9 cm³/mol. The van der Waals surface area contributed by atoms with Gasteiger partial charge in [0.15, 0.2) is 0 Å². The van der Waals surface area contributed by atoms with Gasteiger partial charge in [-0.15, -0.1) is 6.42 Å². The van der Waals surface area contributed by atoms with Gasteiger partial charge in [-0.1, -0.05) is 5.92 Å². The van der Waals surface area contributed by atoms with E-state index in [1.807, 2.05) is 6.92 Å². The molecular weight excluding hydrogens is 260 g/mol. The van der Waals surface area contributed by atoms with Crippen molar-refractivity contribution in [2.45, 2.75) is 24.7 Å². The topological polar surface area (TPSA) is 63.4 Å². The van der Waals surface area contributed by atoms with Gasteiger partial charge in [-0.25, -0.2) is 8.42 Å². The second kappa shape index (κ2) is 5.24. The number of rotatable bonds is 5. The molecule has 0 atom stereocenters. The molecule has 0 heterocycles. The highest BCUT2D eigenvalue weighted by Crippen LogP contribution is 2.31. The minimum atomic E-state index is -3.55. The van der Waals surface area contributed by atoms with E-state index in [1.54, 1.807) is 12.1 Å². The first kappa shape index (κ1) is 13.9. The lowest BCUT2D eigenvalue weighted by molar-refractivity contribution is 0.430. The number of benzene rings is 1. The van der Waals surface area contributed by atoms with Crippen LogP contribution in [0.1, 0.15) is 18.4 Å². The predicted octanol–water partition coefficient (Wildman–Crippen LogP) is 1.61. The van der Waals surface area contributed by atoms with Gasteiger partial charge in [0.25, 0.3) is 0 Å². The van der Waals surface area contributed by atoms with Gasteiger partial charge in [0.2, 0.25) is 10.0 Å². The maximum Gasteiger partial charge on any atom is 0.244 e. The fraction of sp³-hybridized carbons (Fsp3) is 0.429. The number of hydrogen-bond acceptors (Lipinski definition) is 3. The van der Waals surface area contributed by atoms with Gasteiger partial charge in [0.05, 0.1) is 11.4 Å². The third-order valence-corrected chi connectivity index (χ3v) is 4.93. The lowest BCUT2D eigenvalue weighted by Crippen LogP contribution is -2.33. The van der Waals surface area contributed by atoms with Crippen LogP contribution in [0.3, 0.4) is 0 Å². The van der Waals surface area contributed by atoms with Crippen LogP contribution < -0.4 is 5.73 Å². The number of anilines is 1. The zero-order valence-electron chi connectivity index (χ0n) is 11.0. The fourth-order valence-corrected chi connectivity index (χ4v) is 3.58. The fourth-order valence-electron chi connectivity index (χ4n) is 2.01. The Morgan fingerprint density at radius 1 is 1.42 bits per heavy atom. The lowest BCUT2D eigenvalue weighted by Gasteiger charge is -2.20. The van der Waals surface area contributed by atoms with E-state index in [1.165, 1.54) is 10.4 Å². The number of terminal acetylenes is 1. The molecule has 4 nitrogen and oxygen atoms in total. The lowest BCUT2D eigenvalue weighted by atomic mass is 10.2. The van der Waals surface area contributed by atoms with Crippen LogP contribution in [0.4, 0.5) is 5.69 Å². The van der Waals surface area contributed by atoms with Crippen LogP contribution in [0.2, 0.25) is 0 Å². The van der Waals surface area contributed by atoms with Gasteiger partial charge in [-0.2, -0.15) is 4.31 Å². The van der Waals surface area contributed by atoms with Crippen molar-refractivity contribution in [2.24, 2.45) is 5.92 Å². The third-order valence-electron chi connectivity index (χ3n) is 3.14. The van der Waals surface area contributed by atoms with Crippen LogP contribution in [0.25, 0.3) is 0 Å². The van der Waals surface area contributed by atoms with Crippen LogP contribution in [0.15, 0.2) is 23.1 Å². The number of sulfonamides is 1. The molecule has 2 N–H and O–H groups in total. The van der Waals surface area contributed by atoms with Crippen molar-refractivity contribution in [3.63, 3.8) is 0 Å². The first-order valence-corrected chi connectivity index (χ1v) is 7.68. The number of hydrogen-bond donors (Lipinski definition) is 1. The minimum Gasteiger partial charge on any atom is -0.399 e. The molecule has 0 amide bonds. The molecular formula is C14H18N2O2S. The standard InChI is InChI=1S/C14H18N2O2S/c1-3-6-16(10-12-4-5-12)19(17,18)14-8-11(2)7-13(15)9-14/h1,7-9,12H,4-6,10,15H2,2H3. The van der Waals surface area contributed by atoms with E-state index in [-0.39, 0.29) is 11.4 Å². The summed E-state index contributed by atoms with van der Waals surface area (Å²) < 4.78 is 26.5. The summed E-state index contributed by atoms with van der Waals surface area (Å²) in [4.78, 5) is 0.223. The van der Waals surface area contributed by atoms with Crippen molar-refractivity contribution < 1.29 is 8.42 Å². The molecule has 0 radical (unpaired) electrons. The highest BCUT2D eigenvalue weighted by atomic mass is 32.2. The summed E-state index contributed by atoms with van der Waals surface area (Å²) >= 11 is 0. The van der Waals surface area contributed by atoms with Gasteiger partial charge in [-0.3, -0.25) is 0 Å². The Balaban J connectivity index is 2.34. The molecule has 0 spiro atoms. The molecule has 1 aliphatic carbocycles. The molecule has 0 aliphatic heterocycles. The minimum absolute atomic E-state index is 0.104. The van der Waals surface area contributed by atoms with Gasteiger partial charge in [0.1, 0.15) is 0 Å². The summed E-state index contributed by atoms with van der Waals surface area (Å²) in [6.45, 7) is 2.43. The average Bonchev–Trinajstić information content (AvgIpc) is 3.11. The van der Waals surface area contributed by atoms with E-state index in [2.05, 4.69) is 5.92 Å². The van der Waals surface area contributed by atoms with Crippen molar-refractivity contribution in [2.75, 3.05) is 18.8 Å². The van der Waals surface area contributed by atoms with Crippen LogP contribution in [0, 0.1) is 25.2 Å². The molecule has 1 fully saturated rings. The average molecular weight is 278 g/mol. The zero-order valence-corrected chi connectivity index (χ0v) is 11.8. The summed E-state index contributed by atoms with van der Waals surface area (Å²) in [6, 6.07) is 4.85. The van der Waals surface area contributed by atoms with Crippen LogP contribution in [-0.4, -0.2) is 25.8 Å². The second-order valence-electron chi connectivity index (χ2n) is 5.02. The van der Waals surface area contributed by atoms with E-state index < -0.39 is 10.0 Å². The quantitative estimate of drug-likeness (QED) is 0.657. The zero-order chi connectivity index (χ0) is 14.0. The second-order valence-corrected chi connectivity index (χ2v) is 6.96. The highest BCUT2D eigenvalue weighted by molar-refractivity contribution is 7.89. The Hall–Kier alpha value is -1.51. The van der Waals surface area contributed by atoms with Crippen molar-refractivity contribution in [1.29, 1.82) is 0 Å². The van der Waals surface area contributed by atoms with Gasteiger partial charge in [0, 0.05) is 12.2 Å². The summed E-state index contributed by atoms with van der Waals surface area (Å²) in [5.41, 5.74) is 6.99. The first-order valence-electron chi connectivity index (χ1n) is 6.24. The largest absolute Gasteiger partial charge is 0.399 e. The molecule has 2 rings (SSSR count). The van der Waals surface area contributed by atoms with Crippen LogP contribution in [-0.2, 0) is 10.0 Å². The molecule has 19 heavy (non-hydrogen) atoms. The Morgan fingerprint density at radius 3 is 2.63 bits per heavy atom. The molecule has 0 bridgehead atoms. The summed E-state index contributed by atoms with van der Waals surface area (Å²) in [5, 5.41) is 0. The van der Waals surface area contributed by atoms with Crippen LogP contribution >= 0.6 is 0 Å². The number of nitrogens with two attached hydrogens (primary N) is 1. The summed E-state index contributed by atoms with van der Waals surface area (Å²) in [6.07, 6.45) is 7.43. The molecule has 5 heteroatoms. The molecule has 1 aromatic rings. The molecule has 1 aliphatic rings. The van der Waals surface area contributed by atoms with E-state index in [0.29, 0.717) is 18.2 Å². The Morgan fingerprint density at radius 2 is 2.11 bits per heavy atom. The SMILES string of the molecule is C#CCN(CC1CC1)S(=O)(=O)c1cc(C)cc(N)c1. The molecule has 0 unspecified atom stereocenters. The van der Waals surface area contributed by atoms with Gasteiger partial charge in [-0.05, 0) is 49.4 Å². The molecule has 0 saturated heterocycles. The maximum absolute atomic E-state index is 12.6. The molecule has 102 valence electrons. The summed E-state index contributed by atoms with van der Waals surface area (Å²) in [7, 11) is -3.55. The molecule has 0 aromatic heterocycles. The number of aryl methyl sites for hydroxylation is 1. The molecule has 1 aromatic carbocycles. The Kier molecular flexibility index (Phi) is 3.83. The summed E-state index contributed by atoms with van der Waals surface area (Å²) in [5.74, 6) is 2.87. The third kappa shape index (κ3) is 3.28. The van der Waals surface area contributed by atoms with Gasteiger partial charge < -0.3 is 5.73 Å². The Bertz CT molecular complexity index is 593. The van der Waals surface area contributed by atoms with Crippen molar-refractivity contribution in [3.05, 3.63) is 23.8 Å².